The number of aryl methyl sites for hydroxylation is 1. The third-order valence-electron chi connectivity index (χ3n) is 2.85. The zero-order valence-corrected chi connectivity index (χ0v) is 11.2. The molecule has 0 aliphatic carbocycles. The molecule has 0 spiro atoms. The Balaban J connectivity index is 0.00000128. The summed E-state index contributed by atoms with van der Waals surface area (Å²) in [7, 11) is 0. The maximum atomic E-state index is 12.0. The first-order valence-electron chi connectivity index (χ1n) is 5.15. The summed E-state index contributed by atoms with van der Waals surface area (Å²) in [5.41, 5.74) is 6.25. The molecule has 1 atom stereocenters. The number of amides is 1. The van der Waals surface area contributed by atoms with Gasteiger partial charge in [0.2, 0.25) is 5.76 Å². The van der Waals surface area contributed by atoms with Gasteiger partial charge in [0.1, 0.15) is 0 Å². The first kappa shape index (κ1) is 16.2. The van der Waals surface area contributed by atoms with Crippen LogP contribution in [0.25, 0.3) is 0 Å². The topological polar surface area (TPSA) is 72.4 Å². The Morgan fingerprint density at radius 1 is 1.65 bits per heavy atom. The van der Waals surface area contributed by atoms with Crippen LogP contribution in [0, 0.1) is 6.92 Å². The summed E-state index contributed by atoms with van der Waals surface area (Å²) in [5, 5.41) is 0. The number of halogens is 2. The number of aromatic nitrogens is 1. The molecule has 1 aromatic rings. The van der Waals surface area contributed by atoms with Gasteiger partial charge >= 0.3 is 0 Å². The Morgan fingerprint density at radius 3 is 2.88 bits per heavy atom. The summed E-state index contributed by atoms with van der Waals surface area (Å²) in [4.78, 5) is 17.7. The molecule has 0 aromatic carbocycles. The molecule has 1 amide bonds. The lowest BCUT2D eigenvalue weighted by molar-refractivity contribution is 0.0708. The van der Waals surface area contributed by atoms with Crippen molar-refractivity contribution in [2.45, 2.75) is 25.8 Å². The molecule has 1 fully saturated rings. The molecule has 1 saturated heterocycles. The van der Waals surface area contributed by atoms with Crippen LogP contribution < -0.4 is 5.73 Å². The van der Waals surface area contributed by atoms with Crippen LogP contribution in [0.15, 0.2) is 10.8 Å². The predicted octanol–water partition coefficient (Wildman–Crippen LogP) is 1.39. The second-order valence-corrected chi connectivity index (χ2v) is 3.80. The number of carbonyl (C=O) groups excluding carboxylic acids is 1. The summed E-state index contributed by atoms with van der Waals surface area (Å²) in [6, 6.07) is 0.155. The molecule has 1 unspecified atom stereocenters. The molecular formula is C10H17Cl2N3O2. The van der Waals surface area contributed by atoms with Crippen LogP contribution in [0.3, 0.4) is 0 Å². The largest absolute Gasteiger partial charge is 0.438 e. The van der Waals surface area contributed by atoms with Gasteiger partial charge in [-0.2, -0.15) is 0 Å². The zero-order chi connectivity index (χ0) is 10.8. The van der Waals surface area contributed by atoms with Crippen molar-refractivity contribution in [2.75, 3.05) is 13.1 Å². The van der Waals surface area contributed by atoms with Crippen LogP contribution in [0.4, 0.5) is 0 Å². The van der Waals surface area contributed by atoms with Crippen LogP contribution >= 0.6 is 24.8 Å². The van der Waals surface area contributed by atoms with Crippen molar-refractivity contribution >= 4 is 30.7 Å². The summed E-state index contributed by atoms with van der Waals surface area (Å²) in [5.74, 6) is 0.258. The van der Waals surface area contributed by atoms with Gasteiger partial charge in [-0.25, -0.2) is 4.98 Å². The summed E-state index contributed by atoms with van der Waals surface area (Å²) < 4.78 is 5.09. The minimum absolute atomic E-state index is 0. The Kier molecular flexibility index (Phi) is 6.52. The number of carbonyl (C=O) groups is 1. The zero-order valence-electron chi connectivity index (χ0n) is 9.59. The fourth-order valence-electron chi connectivity index (χ4n) is 1.99. The van der Waals surface area contributed by atoms with E-state index in [4.69, 9.17) is 10.2 Å². The maximum Gasteiger partial charge on any atom is 0.291 e. The standard InChI is InChI=1S/C10H15N3O2.2ClH/c1-7-9(15-6-12-7)10(14)13-4-2-3-8(13)5-11;;/h6,8H,2-5,11H2,1H3;2*1H. The van der Waals surface area contributed by atoms with Crippen LogP contribution in [-0.4, -0.2) is 34.9 Å². The van der Waals surface area contributed by atoms with Gasteiger partial charge in [-0.15, -0.1) is 24.8 Å². The van der Waals surface area contributed by atoms with E-state index in [0.29, 0.717) is 18.0 Å². The van der Waals surface area contributed by atoms with Gasteiger partial charge < -0.3 is 15.1 Å². The maximum absolute atomic E-state index is 12.0. The molecule has 5 nitrogen and oxygen atoms in total. The second kappa shape index (κ2) is 6.83. The summed E-state index contributed by atoms with van der Waals surface area (Å²) in [6.07, 6.45) is 3.30. The van der Waals surface area contributed by atoms with Crippen LogP contribution in [0.1, 0.15) is 29.1 Å². The fourth-order valence-corrected chi connectivity index (χ4v) is 1.99. The Bertz CT molecular complexity index is 370. The smallest absolute Gasteiger partial charge is 0.291 e. The molecule has 98 valence electrons. The van der Waals surface area contributed by atoms with Gasteiger partial charge in [-0.3, -0.25) is 4.79 Å². The average molecular weight is 282 g/mol. The summed E-state index contributed by atoms with van der Waals surface area (Å²) >= 11 is 0. The number of rotatable bonds is 2. The molecule has 1 aromatic heterocycles. The first-order chi connectivity index (χ1) is 7.24. The van der Waals surface area contributed by atoms with E-state index in [2.05, 4.69) is 4.98 Å². The average Bonchev–Trinajstić information content (AvgIpc) is 2.84. The fraction of sp³-hybridized carbons (Fsp3) is 0.600. The number of hydrogen-bond acceptors (Lipinski definition) is 4. The van der Waals surface area contributed by atoms with E-state index in [1.54, 1.807) is 11.8 Å². The van der Waals surface area contributed by atoms with E-state index in [-0.39, 0.29) is 36.8 Å². The van der Waals surface area contributed by atoms with Crippen molar-refractivity contribution in [1.82, 2.24) is 9.88 Å². The number of hydrogen-bond donors (Lipinski definition) is 1. The quantitative estimate of drug-likeness (QED) is 0.889. The highest BCUT2D eigenvalue weighted by molar-refractivity contribution is 5.92. The van der Waals surface area contributed by atoms with Crippen LogP contribution in [-0.2, 0) is 0 Å². The van der Waals surface area contributed by atoms with E-state index < -0.39 is 0 Å². The Labute approximate surface area is 113 Å². The molecule has 7 heteroatoms. The van der Waals surface area contributed by atoms with E-state index in [9.17, 15) is 4.79 Å². The number of likely N-dealkylation sites (tertiary alicyclic amines) is 1. The highest BCUT2D eigenvalue weighted by Crippen LogP contribution is 2.20. The second-order valence-electron chi connectivity index (χ2n) is 3.80. The summed E-state index contributed by atoms with van der Waals surface area (Å²) in [6.45, 7) is 3.05. The van der Waals surface area contributed by atoms with Crippen LogP contribution in [0.2, 0.25) is 0 Å². The molecule has 1 aliphatic heterocycles. The van der Waals surface area contributed by atoms with Crippen molar-refractivity contribution in [3.63, 3.8) is 0 Å². The number of oxazole rings is 1. The SMILES string of the molecule is Cc1ncoc1C(=O)N1CCCC1CN.Cl.Cl. The molecule has 0 radical (unpaired) electrons. The molecule has 2 heterocycles. The molecule has 2 N–H and O–H groups in total. The van der Waals surface area contributed by atoms with Crippen LogP contribution in [0.5, 0.6) is 0 Å². The molecule has 17 heavy (non-hydrogen) atoms. The van der Waals surface area contributed by atoms with Crippen molar-refractivity contribution in [3.05, 3.63) is 17.8 Å². The third kappa shape index (κ3) is 3.12. The van der Waals surface area contributed by atoms with Gasteiger partial charge in [0.25, 0.3) is 5.91 Å². The first-order valence-corrected chi connectivity index (χ1v) is 5.15. The normalized spacial score (nSPS) is 18.5. The van der Waals surface area contributed by atoms with Crippen molar-refractivity contribution < 1.29 is 9.21 Å². The number of nitrogens with two attached hydrogens (primary N) is 1. The molecule has 1 aliphatic rings. The lowest BCUT2D eigenvalue weighted by Crippen LogP contribution is -2.40. The van der Waals surface area contributed by atoms with Crippen molar-refractivity contribution in [2.24, 2.45) is 5.73 Å². The van der Waals surface area contributed by atoms with E-state index in [1.165, 1.54) is 6.39 Å². The third-order valence-corrected chi connectivity index (χ3v) is 2.85. The number of nitrogens with zero attached hydrogens (tertiary/aromatic N) is 2. The highest BCUT2D eigenvalue weighted by atomic mass is 35.5. The highest BCUT2D eigenvalue weighted by Gasteiger charge is 2.30. The lowest BCUT2D eigenvalue weighted by Gasteiger charge is -2.22. The van der Waals surface area contributed by atoms with E-state index in [0.717, 1.165) is 19.4 Å². The van der Waals surface area contributed by atoms with Gasteiger partial charge in [0.15, 0.2) is 6.39 Å². The van der Waals surface area contributed by atoms with Crippen molar-refractivity contribution in [3.8, 4) is 0 Å². The monoisotopic (exact) mass is 281 g/mol. The minimum Gasteiger partial charge on any atom is -0.438 e. The van der Waals surface area contributed by atoms with Gasteiger partial charge in [0.05, 0.1) is 5.69 Å². The minimum atomic E-state index is -0.0852. The van der Waals surface area contributed by atoms with E-state index >= 15 is 0 Å². The lowest BCUT2D eigenvalue weighted by atomic mass is 10.2. The Morgan fingerprint density at radius 2 is 2.35 bits per heavy atom. The molecule has 0 bridgehead atoms. The molecule has 0 saturated carbocycles. The van der Waals surface area contributed by atoms with Crippen molar-refractivity contribution in [1.29, 1.82) is 0 Å². The van der Waals surface area contributed by atoms with Gasteiger partial charge in [0, 0.05) is 19.1 Å². The Hall–Kier alpha value is -0.780. The molecular weight excluding hydrogens is 265 g/mol. The predicted molar refractivity (Wildman–Crippen MR) is 68.8 cm³/mol. The molecule has 2 rings (SSSR count). The van der Waals surface area contributed by atoms with Gasteiger partial charge in [-0.05, 0) is 19.8 Å². The van der Waals surface area contributed by atoms with Gasteiger partial charge in [-0.1, -0.05) is 0 Å². The van der Waals surface area contributed by atoms with E-state index in [1.807, 2.05) is 0 Å².